The van der Waals surface area contributed by atoms with Gasteiger partial charge in [0.15, 0.2) is 0 Å². The van der Waals surface area contributed by atoms with Gasteiger partial charge in [-0.25, -0.2) is 0 Å². The van der Waals surface area contributed by atoms with Crippen LogP contribution in [0.15, 0.2) is 36.5 Å². The van der Waals surface area contributed by atoms with Crippen molar-refractivity contribution in [3.05, 3.63) is 53.3 Å². The third-order valence-corrected chi connectivity index (χ3v) is 5.82. The summed E-state index contributed by atoms with van der Waals surface area (Å²) in [5.41, 5.74) is 2.03. The molecule has 0 unspecified atom stereocenters. The predicted octanol–water partition coefficient (Wildman–Crippen LogP) is 1.32. The summed E-state index contributed by atoms with van der Waals surface area (Å²) in [6.45, 7) is 2.15. The van der Waals surface area contributed by atoms with Crippen molar-refractivity contribution in [1.29, 1.82) is 0 Å². The number of nitrogens with zero attached hydrogens (tertiary/aromatic N) is 4. The zero-order valence-electron chi connectivity index (χ0n) is 16.7. The largest absolute Gasteiger partial charge is 0.469 e. The summed E-state index contributed by atoms with van der Waals surface area (Å²) < 4.78 is 6.61. The molecule has 29 heavy (non-hydrogen) atoms. The van der Waals surface area contributed by atoms with Crippen LogP contribution in [0.4, 0.5) is 0 Å². The van der Waals surface area contributed by atoms with E-state index in [0.29, 0.717) is 24.2 Å². The highest BCUT2D eigenvalue weighted by Crippen LogP contribution is 2.43. The molecule has 0 N–H and O–H groups in total. The summed E-state index contributed by atoms with van der Waals surface area (Å²) in [6, 6.07) is 8.93. The van der Waals surface area contributed by atoms with Gasteiger partial charge in [-0.2, -0.15) is 5.10 Å². The van der Waals surface area contributed by atoms with E-state index in [4.69, 9.17) is 4.74 Å². The van der Waals surface area contributed by atoms with E-state index in [1.54, 1.807) is 34.6 Å². The smallest absolute Gasteiger partial charge is 0.311 e. The molecule has 0 spiro atoms. The minimum absolute atomic E-state index is 0.0130. The fraction of sp³-hybridized carbons (Fsp3) is 0.429. The molecule has 2 amide bonds. The van der Waals surface area contributed by atoms with E-state index in [1.807, 2.05) is 30.3 Å². The van der Waals surface area contributed by atoms with Crippen molar-refractivity contribution in [3.63, 3.8) is 0 Å². The van der Waals surface area contributed by atoms with E-state index in [9.17, 15) is 14.4 Å². The van der Waals surface area contributed by atoms with Crippen LogP contribution < -0.4 is 0 Å². The molecule has 3 heterocycles. The van der Waals surface area contributed by atoms with Crippen LogP contribution in [0.2, 0.25) is 0 Å². The Labute approximate surface area is 169 Å². The SMILES string of the molecule is COC(=O)[C@H]1C[C@H]2CN(C(=O)c3cn(C)nc3C)CC(=O)N2[C@H]1c1ccccc1. The van der Waals surface area contributed by atoms with Gasteiger partial charge in [-0.15, -0.1) is 0 Å². The summed E-state index contributed by atoms with van der Waals surface area (Å²) >= 11 is 0. The highest BCUT2D eigenvalue weighted by atomic mass is 16.5. The lowest BCUT2D eigenvalue weighted by Crippen LogP contribution is -2.55. The van der Waals surface area contributed by atoms with Crippen LogP contribution in [-0.2, 0) is 21.4 Å². The van der Waals surface area contributed by atoms with Crippen molar-refractivity contribution in [2.24, 2.45) is 13.0 Å². The van der Waals surface area contributed by atoms with Crippen LogP contribution in [0.3, 0.4) is 0 Å². The molecule has 0 saturated carbocycles. The summed E-state index contributed by atoms with van der Waals surface area (Å²) in [5, 5.41) is 4.22. The molecule has 0 radical (unpaired) electrons. The molecular formula is C21H24N4O4. The molecule has 4 rings (SSSR count). The average Bonchev–Trinajstić information content (AvgIpc) is 3.27. The fourth-order valence-electron chi connectivity index (χ4n) is 4.60. The molecule has 1 aromatic heterocycles. The number of rotatable bonds is 3. The first-order valence-electron chi connectivity index (χ1n) is 9.64. The molecule has 8 nitrogen and oxygen atoms in total. The third-order valence-electron chi connectivity index (χ3n) is 5.82. The fourth-order valence-corrected chi connectivity index (χ4v) is 4.60. The summed E-state index contributed by atoms with van der Waals surface area (Å²) in [7, 11) is 3.12. The van der Waals surface area contributed by atoms with Gasteiger partial charge in [0.2, 0.25) is 5.91 Å². The maximum atomic E-state index is 13.1. The Hall–Kier alpha value is -3.16. The van der Waals surface area contributed by atoms with Gasteiger partial charge >= 0.3 is 5.97 Å². The molecule has 2 aromatic rings. The van der Waals surface area contributed by atoms with Crippen molar-refractivity contribution in [3.8, 4) is 0 Å². The van der Waals surface area contributed by atoms with E-state index >= 15 is 0 Å². The van der Waals surface area contributed by atoms with Crippen molar-refractivity contribution >= 4 is 17.8 Å². The van der Waals surface area contributed by atoms with Crippen LogP contribution >= 0.6 is 0 Å². The maximum absolute atomic E-state index is 13.1. The number of aromatic nitrogens is 2. The van der Waals surface area contributed by atoms with Crippen LogP contribution in [0.25, 0.3) is 0 Å². The van der Waals surface area contributed by atoms with E-state index in [0.717, 1.165) is 5.56 Å². The summed E-state index contributed by atoms with van der Waals surface area (Å²) in [5.74, 6) is -1.15. The van der Waals surface area contributed by atoms with E-state index in [-0.39, 0.29) is 36.4 Å². The Morgan fingerprint density at radius 2 is 1.93 bits per heavy atom. The molecule has 0 bridgehead atoms. The number of esters is 1. The number of fused-ring (bicyclic) bond motifs is 1. The quantitative estimate of drug-likeness (QED) is 0.731. The van der Waals surface area contributed by atoms with Crippen molar-refractivity contribution in [1.82, 2.24) is 19.6 Å². The minimum atomic E-state index is -0.452. The number of methoxy groups -OCH3 is 1. The van der Waals surface area contributed by atoms with Gasteiger partial charge in [0.05, 0.1) is 36.4 Å². The number of hydrogen-bond donors (Lipinski definition) is 0. The highest BCUT2D eigenvalue weighted by Gasteiger charge is 2.51. The van der Waals surface area contributed by atoms with Crippen molar-refractivity contribution in [2.45, 2.75) is 25.4 Å². The van der Waals surface area contributed by atoms with Crippen LogP contribution in [0.1, 0.15) is 34.1 Å². The molecule has 2 saturated heterocycles. The Morgan fingerprint density at radius 3 is 2.55 bits per heavy atom. The van der Waals surface area contributed by atoms with Gasteiger partial charge < -0.3 is 14.5 Å². The highest BCUT2D eigenvalue weighted by molar-refractivity contribution is 5.98. The van der Waals surface area contributed by atoms with Gasteiger partial charge in [0.1, 0.15) is 6.54 Å². The van der Waals surface area contributed by atoms with Gasteiger partial charge in [0.25, 0.3) is 5.91 Å². The number of hydrogen-bond acceptors (Lipinski definition) is 5. The predicted molar refractivity (Wildman–Crippen MR) is 104 cm³/mol. The summed E-state index contributed by atoms with van der Waals surface area (Å²) in [4.78, 5) is 41.9. The number of carbonyl (C=O) groups excluding carboxylic acids is 3. The monoisotopic (exact) mass is 396 g/mol. The standard InChI is InChI=1S/C21H24N4O4/c1-13-17(11-23(2)22-13)20(27)24-10-15-9-16(21(28)29-3)19(25(15)18(26)12-24)14-7-5-4-6-8-14/h4-8,11,15-16,19H,9-10,12H2,1-3H3/t15-,16-,19-/m0/s1. The first-order chi connectivity index (χ1) is 13.9. The Morgan fingerprint density at radius 1 is 1.21 bits per heavy atom. The molecule has 8 heteroatoms. The molecule has 2 aliphatic heterocycles. The third kappa shape index (κ3) is 3.28. The van der Waals surface area contributed by atoms with Crippen LogP contribution in [0.5, 0.6) is 0 Å². The number of ether oxygens (including phenoxy) is 1. The molecule has 0 aliphatic carbocycles. The van der Waals surface area contributed by atoms with Crippen LogP contribution in [0, 0.1) is 12.8 Å². The Bertz CT molecular complexity index is 955. The summed E-state index contributed by atoms with van der Waals surface area (Å²) in [6.07, 6.45) is 2.14. The van der Waals surface area contributed by atoms with Gasteiger partial charge in [-0.1, -0.05) is 30.3 Å². The second-order valence-electron chi connectivity index (χ2n) is 7.66. The molecule has 3 atom stereocenters. The molecule has 1 aromatic carbocycles. The first-order valence-corrected chi connectivity index (χ1v) is 9.64. The maximum Gasteiger partial charge on any atom is 0.311 e. The van der Waals surface area contributed by atoms with E-state index in [1.165, 1.54) is 7.11 Å². The number of amides is 2. The lowest BCUT2D eigenvalue weighted by Gasteiger charge is -2.40. The molecule has 2 fully saturated rings. The topological polar surface area (TPSA) is 84.7 Å². The van der Waals surface area contributed by atoms with Gasteiger partial charge in [0, 0.05) is 19.8 Å². The van der Waals surface area contributed by atoms with Gasteiger partial charge in [-0.3, -0.25) is 19.1 Å². The van der Waals surface area contributed by atoms with Crippen molar-refractivity contribution in [2.75, 3.05) is 20.2 Å². The number of carbonyl (C=O) groups is 3. The van der Waals surface area contributed by atoms with Crippen molar-refractivity contribution < 1.29 is 19.1 Å². The lowest BCUT2D eigenvalue weighted by atomic mass is 9.93. The number of piperazine rings is 1. The molecule has 2 aliphatic rings. The normalized spacial score (nSPS) is 23.8. The minimum Gasteiger partial charge on any atom is -0.469 e. The number of benzene rings is 1. The van der Waals surface area contributed by atoms with Crippen LogP contribution in [-0.4, -0.2) is 63.6 Å². The average molecular weight is 396 g/mol. The zero-order chi connectivity index (χ0) is 20.7. The Balaban J connectivity index is 1.63. The molecule has 152 valence electrons. The molecular weight excluding hydrogens is 372 g/mol. The van der Waals surface area contributed by atoms with Gasteiger partial charge in [-0.05, 0) is 18.9 Å². The Kier molecular flexibility index (Phi) is 4.86. The van der Waals surface area contributed by atoms with E-state index < -0.39 is 5.92 Å². The lowest BCUT2D eigenvalue weighted by molar-refractivity contribution is -0.147. The first kappa shape index (κ1) is 19.2. The van der Waals surface area contributed by atoms with E-state index in [2.05, 4.69) is 5.10 Å². The zero-order valence-corrected chi connectivity index (χ0v) is 16.7. The number of aryl methyl sites for hydroxylation is 2. The second kappa shape index (κ2) is 7.35. The second-order valence-corrected chi connectivity index (χ2v) is 7.66.